The molecule has 0 atom stereocenters. The Morgan fingerprint density at radius 2 is 2.12 bits per heavy atom. The molecule has 0 unspecified atom stereocenters. The Hall–Kier alpha value is -1.99. The lowest BCUT2D eigenvalue weighted by atomic mass is 10.5. The number of ether oxygens (including phenoxy) is 1. The second-order valence-corrected chi connectivity index (χ2v) is 3.29. The monoisotopic (exact) mass is 241 g/mol. The zero-order valence-electron chi connectivity index (χ0n) is 10.1. The molecule has 1 aromatic rings. The largest absolute Gasteiger partial charge is 0.460 e. The molecular weight excluding hydrogens is 226 g/mol. The summed E-state index contributed by atoms with van der Waals surface area (Å²) in [5, 5.41) is 10.5. The van der Waals surface area contributed by atoms with Crippen LogP contribution in [-0.2, 0) is 16.1 Å². The van der Waals surface area contributed by atoms with E-state index in [1.165, 1.54) is 4.90 Å². The number of likely N-dealkylation sites (N-methyl/N-ethyl adjacent to an activating group) is 1. The van der Waals surface area contributed by atoms with Crippen molar-refractivity contribution >= 4 is 11.9 Å². The van der Waals surface area contributed by atoms with E-state index in [1.807, 2.05) is 6.92 Å². The maximum absolute atomic E-state index is 11.6. The first-order valence-electron chi connectivity index (χ1n) is 5.27. The molecule has 0 aliphatic carbocycles. The van der Waals surface area contributed by atoms with Crippen molar-refractivity contribution < 1.29 is 14.3 Å². The molecule has 0 aliphatic heterocycles. The van der Waals surface area contributed by atoms with Crippen LogP contribution in [-0.4, -0.2) is 57.2 Å². The molecule has 0 N–H and O–H groups in total. The van der Waals surface area contributed by atoms with Gasteiger partial charge in [-0.3, -0.25) is 4.79 Å². The quantitative estimate of drug-likeness (QED) is 0.635. The third-order valence-electron chi connectivity index (χ3n) is 2.18. The zero-order chi connectivity index (χ0) is 12.8. The highest BCUT2D eigenvalue weighted by molar-refractivity contribution is 5.86. The molecule has 1 heterocycles. The van der Waals surface area contributed by atoms with Crippen LogP contribution in [0.2, 0.25) is 0 Å². The standard InChI is InChI=1S/C9H15N5O3/c1-4-13(3)7(15)6-14-8(10-11-12-14)9(16)17-5-2/h4-6H2,1-3H3. The summed E-state index contributed by atoms with van der Waals surface area (Å²) in [5.74, 6) is -0.875. The topological polar surface area (TPSA) is 90.2 Å². The number of aromatic nitrogens is 4. The van der Waals surface area contributed by atoms with Crippen LogP contribution in [0.5, 0.6) is 0 Å². The van der Waals surface area contributed by atoms with Gasteiger partial charge >= 0.3 is 5.97 Å². The Labute approximate surface area is 98.5 Å². The summed E-state index contributed by atoms with van der Waals surface area (Å²) < 4.78 is 5.90. The summed E-state index contributed by atoms with van der Waals surface area (Å²) in [7, 11) is 1.66. The average molecular weight is 241 g/mol. The van der Waals surface area contributed by atoms with E-state index in [0.29, 0.717) is 6.54 Å². The summed E-state index contributed by atoms with van der Waals surface area (Å²) in [5.41, 5.74) is 0. The van der Waals surface area contributed by atoms with Gasteiger partial charge in [0.25, 0.3) is 5.82 Å². The molecule has 1 rings (SSSR count). The first kappa shape index (κ1) is 13.1. The second kappa shape index (κ2) is 5.92. The van der Waals surface area contributed by atoms with Gasteiger partial charge in [-0.2, -0.15) is 0 Å². The number of carbonyl (C=O) groups excluding carboxylic acids is 2. The fourth-order valence-electron chi connectivity index (χ4n) is 1.08. The minimum absolute atomic E-state index is 0.0651. The van der Waals surface area contributed by atoms with Gasteiger partial charge in [0, 0.05) is 13.6 Å². The predicted octanol–water partition coefficient (Wildman–Crippen LogP) is -0.672. The molecule has 0 fully saturated rings. The predicted molar refractivity (Wildman–Crippen MR) is 57.1 cm³/mol. The Balaban J connectivity index is 2.75. The van der Waals surface area contributed by atoms with Gasteiger partial charge in [-0.1, -0.05) is 0 Å². The van der Waals surface area contributed by atoms with Crippen LogP contribution in [0.25, 0.3) is 0 Å². The van der Waals surface area contributed by atoms with Crippen molar-refractivity contribution in [2.75, 3.05) is 20.2 Å². The molecule has 0 aliphatic rings. The third kappa shape index (κ3) is 3.23. The molecule has 0 spiro atoms. The number of amides is 1. The maximum atomic E-state index is 11.6. The van der Waals surface area contributed by atoms with E-state index >= 15 is 0 Å². The molecular formula is C9H15N5O3. The highest BCUT2D eigenvalue weighted by Gasteiger charge is 2.19. The molecule has 1 aromatic heterocycles. The molecule has 0 bridgehead atoms. The van der Waals surface area contributed by atoms with Crippen molar-refractivity contribution in [1.29, 1.82) is 0 Å². The normalized spacial score (nSPS) is 10.1. The second-order valence-electron chi connectivity index (χ2n) is 3.29. The summed E-state index contributed by atoms with van der Waals surface area (Å²) in [6.07, 6.45) is 0. The van der Waals surface area contributed by atoms with E-state index in [-0.39, 0.29) is 24.9 Å². The van der Waals surface area contributed by atoms with Gasteiger partial charge in [-0.15, -0.1) is 5.10 Å². The van der Waals surface area contributed by atoms with Gasteiger partial charge in [0.05, 0.1) is 6.61 Å². The Morgan fingerprint density at radius 1 is 1.41 bits per heavy atom. The smallest absolute Gasteiger partial charge is 0.378 e. The van der Waals surface area contributed by atoms with Gasteiger partial charge in [0.1, 0.15) is 6.54 Å². The summed E-state index contributed by atoms with van der Waals surface area (Å²) >= 11 is 0. The number of tetrazole rings is 1. The first-order valence-corrected chi connectivity index (χ1v) is 5.27. The van der Waals surface area contributed by atoms with Crippen molar-refractivity contribution in [3.05, 3.63) is 5.82 Å². The van der Waals surface area contributed by atoms with E-state index in [0.717, 1.165) is 4.68 Å². The fourth-order valence-corrected chi connectivity index (χ4v) is 1.08. The van der Waals surface area contributed by atoms with Crippen molar-refractivity contribution in [2.45, 2.75) is 20.4 Å². The Kier molecular flexibility index (Phi) is 4.56. The fraction of sp³-hybridized carbons (Fsp3) is 0.667. The summed E-state index contributed by atoms with van der Waals surface area (Å²) in [6, 6.07) is 0. The number of nitrogens with zero attached hydrogens (tertiary/aromatic N) is 5. The minimum Gasteiger partial charge on any atom is -0.460 e. The number of carbonyl (C=O) groups is 2. The average Bonchev–Trinajstić information content (AvgIpc) is 2.76. The number of esters is 1. The minimum atomic E-state index is -0.635. The van der Waals surface area contributed by atoms with Gasteiger partial charge in [0.2, 0.25) is 5.91 Å². The van der Waals surface area contributed by atoms with Crippen molar-refractivity contribution in [3.63, 3.8) is 0 Å². The van der Waals surface area contributed by atoms with Crippen LogP contribution >= 0.6 is 0 Å². The first-order chi connectivity index (χ1) is 8.10. The molecule has 1 amide bonds. The Bertz CT molecular complexity index is 403. The van der Waals surface area contributed by atoms with Crippen LogP contribution < -0.4 is 0 Å². The van der Waals surface area contributed by atoms with Crippen LogP contribution in [0.4, 0.5) is 0 Å². The van der Waals surface area contributed by atoms with Crippen molar-refractivity contribution in [1.82, 2.24) is 25.1 Å². The van der Waals surface area contributed by atoms with Gasteiger partial charge in [0.15, 0.2) is 0 Å². The van der Waals surface area contributed by atoms with E-state index in [9.17, 15) is 9.59 Å². The molecule has 0 aromatic carbocycles. The van der Waals surface area contributed by atoms with Crippen molar-refractivity contribution in [3.8, 4) is 0 Å². The molecule has 94 valence electrons. The zero-order valence-corrected chi connectivity index (χ0v) is 10.1. The lowest BCUT2D eigenvalue weighted by molar-refractivity contribution is -0.130. The van der Waals surface area contributed by atoms with E-state index in [1.54, 1.807) is 14.0 Å². The molecule has 17 heavy (non-hydrogen) atoms. The molecule has 0 saturated carbocycles. The highest BCUT2D eigenvalue weighted by Crippen LogP contribution is 1.97. The molecule has 0 radical (unpaired) electrons. The van der Waals surface area contributed by atoms with E-state index in [4.69, 9.17) is 4.74 Å². The van der Waals surface area contributed by atoms with Gasteiger partial charge in [-0.25, -0.2) is 9.48 Å². The number of rotatable bonds is 5. The number of hydrogen-bond donors (Lipinski definition) is 0. The van der Waals surface area contributed by atoms with Crippen LogP contribution in [0.3, 0.4) is 0 Å². The van der Waals surface area contributed by atoms with Crippen LogP contribution in [0.15, 0.2) is 0 Å². The van der Waals surface area contributed by atoms with Crippen LogP contribution in [0.1, 0.15) is 24.5 Å². The van der Waals surface area contributed by atoms with E-state index in [2.05, 4.69) is 15.5 Å². The van der Waals surface area contributed by atoms with Crippen LogP contribution in [0, 0.1) is 0 Å². The number of hydrogen-bond acceptors (Lipinski definition) is 6. The van der Waals surface area contributed by atoms with Crippen molar-refractivity contribution in [2.24, 2.45) is 0 Å². The Morgan fingerprint density at radius 3 is 2.71 bits per heavy atom. The van der Waals surface area contributed by atoms with E-state index < -0.39 is 5.97 Å². The lowest BCUT2D eigenvalue weighted by Gasteiger charge is -2.14. The molecule has 8 heteroatoms. The maximum Gasteiger partial charge on any atom is 0.378 e. The summed E-state index contributed by atoms with van der Waals surface area (Å²) in [4.78, 5) is 24.6. The molecule has 0 saturated heterocycles. The molecule has 8 nitrogen and oxygen atoms in total. The third-order valence-corrected chi connectivity index (χ3v) is 2.18. The lowest BCUT2D eigenvalue weighted by Crippen LogP contribution is -2.31. The highest BCUT2D eigenvalue weighted by atomic mass is 16.5. The van der Waals surface area contributed by atoms with Gasteiger partial charge in [-0.05, 0) is 24.3 Å². The van der Waals surface area contributed by atoms with Gasteiger partial charge < -0.3 is 9.64 Å². The summed E-state index contributed by atoms with van der Waals surface area (Å²) in [6.45, 7) is 4.27. The SMILES string of the molecule is CCOC(=O)c1nnnn1CC(=O)N(C)CC.